The lowest BCUT2D eigenvalue weighted by molar-refractivity contribution is -0.131. The molecule has 0 aliphatic rings. The summed E-state index contributed by atoms with van der Waals surface area (Å²) in [5.41, 5.74) is 2.29. The molecule has 0 unspecified atom stereocenters. The van der Waals surface area contributed by atoms with Gasteiger partial charge in [-0.05, 0) is 35.4 Å². The van der Waals surface area contributed by atoms with Crippen LogP contribution in [-0.2, 0) is 4.79 Å². The third-order valence-corrected chi connectivity index (χ3v) is 2.41. The Kier molecular flexibility index (Phi) is 3.48. The molecule has 0 fully saturated rings. The molecule has 1 N–H and O–H groups in total. The maximum absolute atomic E-state index is 12.9. The second-order valence-corrected chi connectivity index (χ2v) is 3.64. The number of carbonyl (C=O) groups is 1. The van der Waals surface area contributed by atoms with Crippen LogP contribution in [0.5, 0.6) is 0 Å². The van der Waals surface area contributed by atoms with E-state index in [-0.39, 0.29) is 5.82 Å². The number of pyridine rings is 1. The standard InChI is InChI=1S/C14H10FNO2/c15-12-4-1-10(2-5-12)13-7-8-16-9-11(13)3-6-14(17)18/h1-9H,(H,17,18). The topological polar surface area (TPSA) is 50.2 Å². The number of carboxylic acid groups (broad SMARTS) is 1. The molecule has 2 aromatic rings. The summed E-state index contributed by atoms with van der Waals surface area (Å²) in [6, 6.07) is 7.77. The van der Waals surface area contributed by atoms with Crippen LogP contribution < -0.4 is 0 Å². The van der Waals surface area contributed by atoms with Crippen LogP contribution >= 0.6 is 0 Å². The Hall–Kier alpha value is -2.49. The van der Waals surface area contributed by atoms with Crippen molar-refractivity contribution in [3.05, 3.63) is 60.2 Å². The fraction of sp³-hybridized carbons (Fsp3) is 0. The van der Waals surface area contributed by atoms with Gasteiger partial charge >= 0.3 is 5.97 Å². The highest BCUT2D eigenvalue weighted by molar-refractivity contribution is 5.87. The lowest BCUT2D eigenvalue weighted by atomic mass is 10.0. The van der Waals surface area contributed by atoms with Crippen LogP contribution in [0.4, 0.5) is 4.39 Å². The molecule has 0 spiro atoms. The average molecular weight is 243 g/mol. The molecule has 0 radical (unpaired) electrons. The number of halogens is 1. The third kappa shape index (κ3) is 2.79. The van der Waals surface area contributed by atoms with Crippen molar-refractivity contribution in [3.8, 4) is 11.1 Å². The van der Waals surface area contributed by atoms with E-state index in [4.69, 9.17) is 5.11 Å². The maximum atomic E-state index is 12.9. The molecule has 18 heavy (non-hydrogen) atoms. The smallest absolute Gasteiger partial charge is 0.328 e. The molecule has 0 bridgehead atoms. The first-order valence-corrected chi connectivity index (χ1v) is 5.28. The van der Waals surface area contributed by atoms with Crippen molar-refractivity contribution in [1.82, 2.24) is 4.98 Å². The summed E-state index contributed by atoms with van der Waals surface area (Å²) in [5, 5.41) is 8.62. The fourth-order valence-electron chi connectivity index (χ4n) is 1.59. The monoisotopic (exact) mass is 243 g/mol. The Morgan fingerprint density at radius 1 is 1.22 bits per heavy atom. The molecule has 0 aliphatic heterocycles. The van der Waals surface area contributed by atoms with Crippen molar-refractivity contribution >= 4 is 12.0 Å². The summed E-state index contributed by atoms with van der Waals surface area (Å²) in [6.07, 6.45) is 5.69. The van der Waals surface area contributed by atoms with Crippen molar-refractivity contribution in [3.63, 3.8) is 0 Å². The highest BCUT2D eigenvalue weighted by Crippen LogP contribution is 2.24. The minimum Gasteiger partial charge on any atom is -0.478 e. The van der Waals surface area contributed by atoms with E-state index in [0.717, 1.165) is 17.2 Å². The summed E-state index contributed by atoms with van der Waals surface area (Å²) in [7, 11) is 0. The van der Waals surface area contributed by atoms with Crippen molar-refractivity contribution < 1.29 is 14.3 Å². The fourth-order valence-corrected chi connectivity index (χ4v) is 1.59. The van der Waals surface area contributed by atoms with Gasteiger partial charge in [0.1, 0.15) is 5.82 Å². The summed E-state index contributed by atoms with van der Waals surface area (Å²) in [5.74, 6) is -1.33. The van der Waals surface area contributed by atoms with Crippen LogP contribution in [0.15, 0.2) is 48.8 Å². The van der Waals surface area contributed by atoms with Crippen LogP contribution in [0.3, 0.4) is 0 Å². The first kappa shape index (κ1) is 12.0. The first-order chi connectivity index (χ1) is 8.66. The molecule has 0 saturated carbocycles. The van der Waals surface area contributed by atoms with E-state index >= 15 is 0 Å². The van der Waals surface area contributed by atoms with Gasteiger partial charge in [0.15, 0.2) is 0 Å². The second kappa shape index (κ2) is 5.23. The quantitative estimate of drug-likeness (QED) is 0.843. The van der Waals surface area contributed by atoms with E-state index in [1.165, 1.54) is 18.2 Å². The Morgan fingerprint density at radius 2 is 1.94 bits per heavy atom. The summed E-state index contributed by atoms with van der Waals surface area (Å²) >= 11 is 0. The van der Waals surface area contributed by atoms with E-state index in [0.29, 0.717) is 5.56 Å². The van der Waals surface area contributed by atoms with Crippen molar-refractivity contribution in [2.45, 2.75) is 0 Å². The largest absolute Gasteiger partial charge is 0.478 e. The summed E-state index contributed by atoms with van der Waals surface area (Å²) < 4.78 is 12.9. The van der Waals surface area contributed by atoms with Gasteiger partial charge in [-0.2, -0.15) is 0 Å². The Bertz CT molecular complexity index is 591. The number of nitrogens with zero attached hydrogens (tertiary/aromatic N) is 1. The van der Waals surface area contributed by atoms with Crippen LogP contribution in [0.2, 0.25) is 0 Å². The van der Waals surface area contributed by atoms with Gasteiger partial charge in [-0.3, -0.25) is 4.98 Å². The van der Waals surface area contributed by atoms with Crippen molar-refractivity contribution in [2.24, 2.45) is 0 Å². The zero-order chi connectivity index (χ0) is 13.0. The van der Waals surface area contributed by atoms with Crippen LogP contribution in [0.1, 0.15) is 5.56 Å². The highest BCUT2D eigenvalue weighted by atomic mass is 19.1. The molecule has 3 nitrogen and oxygen atoms in total. The number of benzene rings is 1. The average Bonchev–Trinajstić information content (AvgIpc) is 2.38. The Morgan fingerprint density at radius 3 is 2.61 bits per heavy atom. The Labute approximate surface area is 103 Å². The molecule has 1 aromatic heterocycles. The van der Waals surface area contributed by atoms with Gasteiger partial charge in [0.25, 0.3) is 0 Å². The lowest BCUT2D eigenvalue weighted by Crippen LogP contribution is -1.89. The molecular formula is C14H10FNO2. The van der Waals surface area contributed by atoms with Gasteiger partial charge in [0.2, 0.25) is 0 Å². The predicted molar refractivity (Wildman–Crippen MR) is 66.3 cm³/mol. The zero-order valence-corrected chi connectivity index (χ0v) is 9.38. The molecule has 4 heteroatoms. The molecule has 90 valence electrons. The number of hydrogen-bond acceptors (Lipinski definition) is 2. The molecule has 0 saturated heterocycles. The number of carboxylic acids is 1. The first-order valence-electron chi connectivity index (χ1n) is 5.28. The SMILES string of the molecule is O=C(O)C=Cc1cnccc1-c1ccc(F)cc1. The number of rotatable bonds is 3. The van der Waals surface area contributed by atoms with Gasteiger partial charge in [-0.1, -0.05) is 12.1 Å². The highest BCUT2D eigenvalue weighted by Gasteiger charge is 2.03. The van der Waals surface area contributed by atoms with Crippen molar-refractivity contribution in [2.75, 3.05) is 0 Å². The molecule has 1 aromatic carbocycles. The second-order valence-electron chi connectivity index (χ2n) is 3.64. The van der Waals surface area contributed by atoms with Gasteiger partial charge in [-0.15, -0.1) is 0 Å². The number of hydrogen-bond donors (Lipinski definition) is 1. The van der Waals surface area contributed by atoms with Gasteiger partial charge in [0, 0.05) is 24.0 Å². The van der Waals surface area contributed by atoms with E-state index in [1.807, 2.05) is 0 Å². The Balaban J connectivity index is 2.44. The van der Waals surface area contributed by atoms with E-state index in [1.54, 1.807) is 30.6 Å². The predicted octanol–water partition coefficient (Wildman–Crippen LogP) is 2.99. The molecule has 0 aliphatic carbocycles. The lowest BCUT2D eigenvalue weighted by Gasteiger charge is -2.05. The normalized spacial score (nSPS) is 10.7. The number of aliphatic carboxylic acids is 1. The van der Waals surface area contributed by atoms with Crippen LogP contribution in [-0.4, -0.2) is 16.1 Å². The van der Waals surface area contributed by atoms with Gasteiger partial charge < -0.3 is 5.11 Å². The van der Waals surface area contributed by atoms with Crippen molar-refractivity contribution in [1.29, 1.82) is 0 Å². The molecular weight excluding hydrogens is 233 g/mol. The van der Waals surface area contributed by atoms with Crippen LogP contribution in [0.25, 0.3) is 17.2 Å². The number of aromatic nitrogens is 1. The third-order valence-electron chi connectivity index (χ3n) is 2.41. The van der Waals surface area contributed by atoms with E-state index in [9.17, 15) is 9.18 Å². The molecule has 0 atom stereocenters. The zero-order valence-electron chi connectivity index (χ0n) is 9.38. The van der Waals surface area contributed by atoms with E-state index in [2.05, 4.69) is 4.98 Å². The molecule has 2 rings (SSSR count). The van der Waals surface area contributed by atoms with Crippen LogP contribution in [0, 0.1) is 5.82 Å². The minimum absolute atomic E-state index is 0.310. The van der Waals surface area contributed by atoms with E-state index < -0.39 is 5.97 Å². The minimum atomic E-state index is -1.02. The summed E-state index contributed by atoms with van der Waals surface area (Å²) in [6.45, 7) is 0. The maximum Gasteiger partial charge on any atom is 0.328 e. The van der Waals surface area contributed by atoms with Gasteiger partial charge in [0.05, 0.1) is 0 Å². The molecule has 1 heterocycles. The van der Waals surface area contributed by atoms with Gasteiger partial charge in [-0.25, -0.2) is 9.18 Å². The molecule has 0 amide bonds. The summed E-state index contributed by atoms with van der Waals surface area (Å²) in [4.78, 5) is 14.5.